The number of aryl methyl sites for hydroxylation is 8. The van der Waals surface area contributed by atoms with Crippen molar-refractivity contribution in [2.75, 3.05) is 40.4 Å². The zero-order valence-corrected chi connectivity index (χ0v) is 36.4. The van der Waals surface area contributed by atoms with E-state index in [2.05, 4.69) is 69.4 Å². The summed E-state index contributed by atoms with van der Waals surface area (Å²) in [6, 6.07) is 17.3. The molecule has 5 aromatic rings. The molecule has 9 nitrogen and oxygen atoms in total. The van der Waals surface area contributed by atoms with Crippen molar-refractivity contribution in [1.29, 1.82) is 0 Å². The Morgan fingerprint density at radius 3 is 1.62 bits per heavy atom. The first-order valence-corrected chi connectivity index (χ1v) is 22.0. The highest BCUT2D eigenvalue weighted by Crippen LogP contribution is 2.48. The first kappa shape index (κ1) is 41.5. The van der Waals surface area contributed by atoms with Gasteiger partial charge < -0.3 is 19.7 Å². The Kier molecular flexibility index (Phi) is 12.5. The van der Waals surface area contributed by atoms with Gasteiger partial charge in [-0.05, 0) is 166 Å². The Balaban J connectivity index is 0.000000176. The third kappa shape index (κ3) is 8.78. The van der Waals surface area contributed by atoms with E-state index in [4.69, 9.17) is 19.4 Å². The highest BCUT2D eigenvalue weighted by molar-refractivity contribution is 5.78. The first-order valence-electron chi connectivity index (χ1n) is 22.0. The molecule has 2 fully saturated rings. The van der Waals surface area contributed by atoms with Gasteiger partial charge in [-0.15, -0.1) is 0 Å². The minimum absolute atomic E-state index is 0.141. The van der Waals surface area contributed by atoms with Gasteiger partial charge in [0.05, 0.1) is 32.0 Å². The average molecular weight is 809 g/mol. The Bertz CT molecular complexity index is 2330. The summed E-state index contributed by atoms with van der Waals surface area (Å²) >= 11 is 0. The number of rotatable bonds is 6. The number of fused-ring (bicyclic) bond motifs is 4. The number of nitrogens with zero attached hydrogens (tertiary/aromatic N) is 4. The van der Waals surface area contributed by atoms with Gasteiger partial charge in [0.2, 0.25) is 18.3 Å². The molecule has 2 aliphatic heterocycles. The van der Waals surface area contributed by atoms with Crippen LogP contribution in [0.1, 0.15) is 110 Å². The molecule has 0 spiro atoms. The molecule has 0 radical (unpaired) electrons. The van der Waals surface area contributed by atoms with Crippen LogP contribution in [0.2, 0.25) is 0 Å². The van der Waals surface area contributed by atoms with Crippen molar-refractivity contribution in [2.24, 2.45) is 11.8 Å². The summed E-state index contributed by atoms with van der Waals surface area (Å²) in [5, 5.41) is 12.9. The average Bonchev–Trinajstić information content (AvgIpc) is 3.52. The van der Waals surface area contributed by atoms with Crippen LogP contribution < -0.4 is 19.5 Å². The molecular weight excluding hydrogens is 747 g/mol. The second kappa shape index (κ2) is 18.1. The number of carbonyl (C=O) groups excluding carboxylic acids is 1. The number of methoxy groups -OCH3 is 2. The van der Waals surface area contributed by atoms with E-state index in [-0.39, 0.29) is 11.8 Å². The van der Waals surface area contributed by atoms with Crippen molar-refractivity contribution >= 4 is 5.91 Å². The van der Waals surface area contributed by atoms with Gasteiger partial charge in [-0.3, -0.25) is 20.0 Å². The predicted octanol–water partition coefficient (Wildman–Crippen LogP) is 7.88. The molecule has 2 N–H and O–H groups in total. The maximum absolute atomic E-state index is 13.0. The number of likely N-dealkylation sites (tertiary alicyclic amines) is 1. The van der Waals surface area contributed by atoms with Gasteiger partial charge in [0, 0.05) is 65.3 Å². The van der Waals surface area contributed by atoms with Crippen LogP contribution in [0, 0.1) is 39.5 Å². The molecule has 314 valence electrons. The summed E-state index contributed by atoms with van der Waals surface area (Å²) in [4.78, 5) is 24.9. The highest BCUT2D eigenvalue weighted by atomic mass is 16.5. The maximum Gasteiger partial charge on any atom is 0.226 e. The van der Waals surface area contributed by atoms with Crippen LogP contribution in [0.25, 0.3) is 0 Å². The summed E-state index contributed by atoms with van der Waals surface area (Å²) in [7, 11) is 3.58. The van der Waals surface area contributed by atoms with Gasteiger partial charge in [-0.25, -0.2) is 0 Å². The molecule has 9 heteroatoms. The predicted molar refractivity (Wildman–Crippen MR) is 234 cm³/mol. The van der Waals surface area contributed by atoms with E-state index in [1.165, 1.54) is 79.9 Å². The van der Waals surface area contributed by atoms with E-state index in [9.17, 15) is 10.0 Å². The number of benzene rings is 2. The molecule has 3 aromatic heterocycles. The Morgan fingerprint density at radius 1 is 0.683 bits per heavy atom. The molecule has 0 saturated carbocycles. The molecule has 2 aromatic carbocycles. The van der Waals surface area contributed by atoms with E-state index in [1.54, 1.807) is 31.6 Å². The minimum atomic E-state index is 0.141. The van der Waals surface area contributed by atoms with Gasteiger partial charge in [-0.1, -0.05) is 24.3 Å². The van der Waals surface area contributed by atoms with Gasteiger partial charge in [-0.2, -0.15) is 0 Å². The Morgan fingerprint density at radius 2 is 1.13 bits per heavy atom. The molecule has 0 bridgehead atoms. The molecule has 2 saturated heterocycles. The fourth-order valence-electron chi connectivity index (χ4n) is 10.6. The highest BCUT2D eigenvalue weighted by Gasteiger charge is 2.38. The van der Waals surface area contributed by atoms with Gasteiger partial charge in [0.1, 0.15) is 11.5 Å². The number of aromatic nitrogens is 3. The number of pyridine rings is 3. The van der Waals surface area contributed by atoms with E-state index >= 15 is 0 Å². The monoisotopic (exact) mass is 808 g/mol. The van der Waals surface area contributed by atoms with Gasteiger partial charge in [0.25, 0.3) is 0 Å². The zero-order valence-electron chi connectivity index (χ0n) is 36.4. The minimum Gasteiger partial charge on any atom is -0.496 e. The number of piperidine rings is 2. The summed E-state index contributed by atoms with van der Waals surface area (Å²) in [5.41, 5.74) is 16.6. The normalized spacial score (nSPS) is 19.0. The van der Waals surface area contributed by atoms with Crippen molar-refractivity contribution in [2.45, 2.75) is 97.3 Å². The number of ether oxygens (including phenoxy) is 2. The standard InChI is InChI=1S/C29H34N3O3.C22H28N2O/c1-19-14-23-4-5-24-15-20(2)18-30-29(24)28(27(23)25(16-19)35-3)22-8-10-31(11-9-22)26(33)17-21-6-12-32(34)13-7-21;1-14-10-17-4-5-18-11-15(2)13-24-22(18)21(16-6-8-23-9-7-16)20(17)19(12-14)25-3/h6-7,12-16,18,22,28,34H,4-5,8-11,17H2,1-3H3;10-13,16,21,23H,4-9H2,1-3H3/q+1;. The van der Waals surface area contributed by atoms with Crippen LogP contribution >= 0.6 is 0 Å². The Hall–Kier alpha value is -5.28. The summed E-state index contributed by atoms with van der Waals surface area (Å²) in [6.07, 6.45) is 15.9. The number of nitrogens with one attached hydrogen (secondary N) is 1. The molecule has 9 rings (SSSR count). The molecule has 60 heavy (non-hydrogen) atoms. The van der Waals surface area contributed by atoms with Crippen LogP contribution in [-0.4, -0.2) is 66.4 Å². The summed E-state index contributed by atoms with van der Waals surface area (Å²) in [6.45, 7) is 12.3. The largest absolute Gasteiger partial charge is 0.496 e. The lowest BCUT2D eigenvalue weighted by Crippen LogP contribution is -2.41. The lowest BCUT2D eigenvalue weighted by atomic mass is 9.75. The second-order valence-corrected chi connectivity index (χ2v) is 17.7. The topological polar surface area (TPSA) is 101 Å². The molecule has 1 amide bonds. The number of hydrogen-bond acceptors (Lipinski definition) is 7. The SMILES string of the molecule is COc1cc(C)cc2c1C(C1CCN(C(=O)Cc3cc[n+](O)cc3)CC1)c1ncc(C)cc1CC2.COc1cc(C)cc2c1C(C1CCNCC1)c1ncc(C)cc1CC2. The van der Waals surface area contributed by atoms with Crippen LogP contribution in [0.15, 0.2) is 73.3 Å². The fraction of sp³-hybridized carbons (Fsp3) is 0.451. The molecule has 2 unspecified atom stereocenters. The van der Waals surface area contributed by atoms with Crippen LogP contribution in [0.4, 0.5) is 0 Å². The lowest BCUT2D eigenvalue weighted by Gasteiger charge is -2.37. The molecule has 2 aliphatic carbocycles. The third-order valence-corrected chi connectivity index (χ3v) is 13.5. The lowest BCUT2D eigenvalue weighted by molar-refractivity contribution is -0.904. The maximum atomic E-state index is 13.0. The number of carbonyl (C=O) groups is 1. The first-order chi connectivity index (χ1) is 29.1. The van der Waals surface area contributed by atoms with Crippen LogP contribution in [-0.2, 0) is 36.9 Å². The van der Waals surface area contributed by atoms with Crippen LogP contribution in [0.5, 0.6) is 11.5 Å². The molecular formula is C51H62N5O4+. The van der Waals surface area contributed by atoms with E-state index in [0.29, 0.717) is 24.2 Å². The third-order valence-electron chi connectivity index (χ3n) is 13.5. The van der Waals surface area contributed by atoms with Crippen molar-refractivity contribution < 1.29 is 24.2 Å². The fourth-order valence-corrected chi connectivity index (χ4v) is 10.6. The number of amides is 1. The van der Waals surface area contributed by atoms with Crippen molar-refractivity contribution in [3.8, 4) is 11.5 Å². The second-order valence-electron chi connectivity index (χ2n) is 17.7. The molecule has 5 heterocycles. The van der Waals surface area contributed by atoms with E-state index in [1.807, 2.05) is 24.4 Å². The quantitative estimate of drug-likeness (QED) is 0.133. The Labute approximate surface area is 356 Å². The summed E-state index contributed by atoms with van der Waals surface area (Å²) < 4.78 is 12.8. The van der Waals surface area contributed by atoms with Crippen molar-refractivity contribution in [3.63, 3.8) is 0 Å². The van der Waals surface area contributed by atoms with Gasteiger partial charge in [0.15, 0.2) is 0 Å². The molecule has 4 aliphatic rings. The van der Waals surface area contributed by atoms with Crippen LogP contribution in [0.3, 0.4) is 0 Å². The van der Waals surface area contributed by atoms with E-state index in [0.717, 1.165) is 86.5 Å². The number of hydrogen-bond donors (Lipinski definition) is 2. The smallest absolute Gasteiger partial charge is 0.226 e. The van der Waals surface area contributed by atoms with E-state index < -0.39 is 0 Å². The summed E-state index contributed by atoms with van der Waals surface area (Å²) in [5.74, 6) is 3.70. The zero-order chi connectivity index (χ0) is 41.9. The van der Waals surface area contributed by atoms with Crippen molar-refractivity contribution in [1.82, 2.24) is 20.2 Å². The van der Waals surface area contributed by atoms with Crippen molar-refractivity contribution in [3.05, 3.63) is 146 Å². The van der Waals surface area contributed by atoms with Gasteiger partial charge >= 0.3 is 0 Å². The molecule has 2 atom stereocenters.